The fourth-order valence-corrected chi connectivity index (χ4v) is 1.40. The van der Waals surface area contributed by atoms with Gasteiger partial charge in [0.1, 0.15) is 0 Å². The lowest BCUT2D eigenvalue weighted by molar-refractivity contribution is -0.119. The SMILES string of the molecule is CC1CC1CNC(=O)NC(=O)CCCl. The Morgan fingerprint density at radius 2 is 2.14 bits per heavy atom. The van der Waals surface area contributed by atoms with Crippen LogP contribution in [0.1, 0.15) is 19.8 Å². The quantitative estimate of drug-likeness (QED) is 0.695. The van der Waals surface area contributed by atoms with E-state index in [1.54, 1.807) is 0 Å². The Kier molecular flexibility index (Phi) is 4.20. The molecule has 1 saturated carbocycles. The lowest BCUT2D eigenvalue weighted by Crippen LogP contribution is -2.40. The molecule has 5 heteroatoms. The molecule has 2 unspecified atom stereocenters. The van der Waals surface area contributed by atoms with Crippen LogP contribution >= 0.6 is 11.6 Å². The molecule has 4 nitrogen and oxygen atoms in total. The van der Waals surface area contributed by atoms with E-state index in [9.17, 15) is 9.59 Å². The number of nitrogens with one attached hydrogen (secondary N) is 2. The normalized spacial score (nSPS) is 24.1. The Balaban J connectivity index is 2.06. The van der Waals surface area contributed by atoms with Crippen LogP contribution in [0.4, 0.5) is 4.79 Å². The minimum Gasteiger partial charge on any atom is -0.338 e. The minimum atomic E-state index is -0.417. The van der Waals surface area contributed by atoms with Crippen LogP contribution in [0.25, 0.3) is 0 Å². The van der Waals surface area contributed by atoms with Crippen LogP contribution in [0.5, 0.6) is 0 Å². The molecule has 0 heterocycles. The van der Waals surface area contributed by atoms with Crippen molar-refractivity contribution in [2.45, 2.75) is 19.8 Å². The van der Waals surface area contributed by atoms with E-state index in [2.05, 4.69) is 17.6 Å². The molecular formula is C9H15ClN2O2. The van der Waals surface area contributed by atoms with E-state index in [4.69, 9.17) is 11.6 Å². The van der Waals surface area contributed by atoms with Crippen LogP contribution in [0.15, 0.2) is 0 Å². The Hall–Kier alpha value is -0.770. The van der Waals surface area contributed by atoms with Crippen LogP contribution in [0.2, 0.25) is 0 Å². The molecular weight excluding hydrogens is 204 g/mol. The molecule has 2 N–H and O–H groups in total. The molecule has 1 aliphatic rings. The third-order valence-electron chi connectivity index (χ3n) is 2.38. The maximum Gasteiger partial charge on any atom is 0.321 e. The van der Waals surface area contributed by atoms with Crippen LogP contribution in [0, 0.1) is 11.8 Å². The zero-order valence-corrected chi connectivity index (χ0v) is 8.93. The highest BCUT2D eigenvalue weighted by atomic mass is 35.5. The van der Waals surface area contributed by atoms with Gasteiger partial charge >= 0.3 is 6.03 Å². The molecule has 1 rings (SSSR count). The number of halogens is 1. The molecule has 3 amide bonds. The number of carbonyl (C=O) groups is 2. The van der Waals surface area contributed by atoms with Gasteiger partial charge in [0.05, 0.1) is 0 Å². The van der Waals surface area contributed by atoms with Crippen LogP contribution in [-0.4, -0.2) is 24.4 Å². The predicted molar refractivity (Wildman–Crippen MR) is 54.1 cm³/mol. The molecule has 1 fully saturated rings. The second-order valence-electron chi connectivity index (χ2n) is 3.67. The van der Waals surface area contributed by atoms with E-state index >= 15 is 0 Å². The molecule has 0 radical (unpaired) electrons. The first-order chi connectivity index (χ1) is 6.63. The summed E-state index contributed by atoms with van der Waals surface area (Å²) in [6.07, 6.45) is 1.34. The zero-order chi connectivity index (χ0) is 10.6. The van der Waals surface area contributed by atoms with Crippen molar-refractivity contribution in [3.8, 4) is 0 Å². The van der Waals surface area contributed by atoms with Gasteiger partial charge in [0.15, 0.2) is 0 Å². The molecule has 0 aromatic heterocycles. The topological polar surface area (TPSA) is 58.2 Å². The number of imide groups is 1. The first-order valence-electron chi connectivity index (χ1n) is 4.77. The summed E-state index contributed by atoms with van der Waals surface area (Å²) in [5.74, 6) is 1.19. The number of hydrogen-bond acceptors (Lipinski definition) is 2. The standard InChI is InChI=1S/C9H15ClN2O2/c1-6-4-7(6)5-11-9(14)12-8(13)2-3-10/h6-7H,2-5H2,1H3,(H2,11,12,13,14). The van der Waals surface area contributed by atoms with Gasteiger partial charge in [-0.2, -0.15) is 0 Å². The van der Waals surface area contributed by atoms with E-state index in [1.807, 2.05) is 0 Å². The van der Waals surface area contributed by atoms with Crippen LogP contribution < -0.4 is 10.6 Å². The summed E-state index contributed by atoms with van der Waals surface area (Å²) in [6.45, 7) is 2.80. The van der Waals surface area contributed by atoms with Gasteiger partial charge < -0.3 is 5.32 Å². The number of hydrogen-bond donors (Lipinski definition) is 2. The Labute approximate surface area is 88.4 Å². The first-order valence-corrected chi connectivity index (χ1v) is 5.30. The molecule has 80 valence electrons. The van der Waals surface area contributed by atoms with Gasteiger partial charge in [0, 0.05) is 18.8 Å². The monoisotopic (exact) mass is 218 g/mol. The van der Waals surface area contributed by atoms with Gasteiger partial charge in [0.2, 0.25) is 5.91 Å². The van der Waals surface area contributed by atoms with Crippen molar-refractivity contribution in [3.63, 3.8) is 0 Å². The predicted octanol–water partition coefficient (Wildman–Crippen LogP) is 1.10. The zero-order valence-electron chi connectivity index (χ0n) is 8.18. The average Bonchev–Trinajstić information content (AvgIpc) is 2.79. The smallest absolute Gasteiger partial charge is 0.321 e. The van der Waals surface area contributed by atoms with Gasteiger partial charge in [0.25, 0.3) is 0 Å². The third kappa shape index (κ3) is 3.96. The van der Waals surface area contributed by atoms with Crippen LogP contribution in [-0.2, 0) is 4.79 Å². The van der Waals surface area contributed by atoms with E-state index < -0.39 is 6.03 Å². The van der Waals surface area contributed by atoms with Crippen molar-refractivity contribution >= 4 is 23.5 Å². The highest BCUT2D eigenvalue weighted by Gasteiger charge is 2.32. The van der Waals surface area contributed by atoms with Gasteiger partial charge in [-0.1, -0.05) is 6.92 Å². The van der Waals surface area contributed by atoms with Crippen molar-refractivity contribution in [1.82, 2.24) is 10.6 Å². The summed E-state index contributed by atoms with van der Waals surface area (Å²) in [5.41, 5.74) is 0. The summed E-state index contributed by atoms with van der Waals surface area (Å²) >= 11 is 5.34. The molecule has 2 atom stereocenters. The number of alkyl halides is 1. The Morgan fingerprint density at radius 1 is 1.50 bits per heavy atom. The lowest BCUT2D eigenvalue weighted by atomic mass is 10.3. The second-order valence-corrected chi connectivity index (χ2v) is 4.05. The number of carbonyl (C=O) groups excluding carboxylic acids is 2. The van der Waals surface area contributed by atoms with Crippen molar-refractivity contribution in [2.24, 2.45) is 11.8 Å². The lowest BCUT2D eigenvalue weighted by Gasteiger charge is -2.04. The molecule has 0 aliphatic heterocycles. The van der Waals surface area contributed by atoms with Crippen molar-refractivity contribution in [2.75, 3.05) is 12.4 Å². The fourth-order valence-electron chi connectivity index (χ4n) is 1.23. The Morgan fingerprint density at radius 3 is 2.64 bits per heavy atom. The maximum atomic E-state index is 11.1. The number of urea groups is 1. The van der Waals surface area contributed by atoms with E-state index in [1.165, 1.54) is 0 Å². The summed E-state index contributed by atoms with van der Waals surface area (Å²) < 4.78 is 0. The van der Waals surface area contributed by atoms with Crippen molar-refractivity contribution in [1.29, 1.82) is 0 Å². The molecule has 0 bridgehead atoms. The van der Waals surface area contributed by atoms with Gasteiger partial charge in [-0.25, -0.2) is 4.79 Å². The molecule has 0 spiro atoms. The first kappa shape index (κ1) is 11.3. The molecule has 14 heavy (non-hydrogen) atoms. The van der Waals surface area contributed by atoms with E-state index in [-0.39, 0.29) is 18.2 Å². The van der Waals surface area contributed by atoms with Gasteiger partial charge in [-0.15, -0.1) is 11.6 Å². The largest absolute Gasteiger partial charge is 0.338 e. The summed E-state index contributed by atoms with van der Waals surface area (Å²) in [6, 6.07) is -0.417. The summed E-state index contributed by atoms with van der Waals surface area (Å²) in [5, 5.41) is 4.86. The van der Waals surface area contributed by atoms with Crippen molar-refractivity contribution in [3.05, 3.63) is 0 Å². The number of rotatable bonds is 4. The van der Waals surface area contributed by atoms with Crippen LogP contribution in [0.3, 0.4) is 0 Å². The summed E-state index contributed by atoms with van der Waals surface area (Å²) in [7, 11) is 0. The third-order valence-corrected chi connectivity index (χ3v) is 2.56. The van der Waals surface area contributed by atoms with Crippen molar-refractivity contribution < 1.29 is 9.59 Å². The highest BCUT2D eigenvalue weighted by molar-refractivity contribution is 6.19. The molecule has 1 aliphatic carbocycles. The second kappa shape index (κ2) is 5.20. The molecule has 0 aromatic carbocycles. The van der Waals surface area contributed by atoms with E-state index in [0.717, 1.165) is 6.42 Å². The van der Waals surface area contributed by atoms with Gasteiger partial charge in [-0.3, -0.25) is 10.1 Å². The van der Waals surface area contributed by atoms with Gasteiger partial charge in [-0.05, 0) is 18.3 Å². The minimum absolute atomic E-state index is 0.175. The Bertz CT molecular complexity index is 233. The molecule has 0 saturated heterocycles. The maximum absolute atomic E-state index is 11.1. The highest BCUT2D eigenvalue weighted by Crippen LogP contribution is 2.36. The fraction of sp³-hybridized carbons (Fsp3) is 0.778. The molecule has 0 aromatic rings. The number of amides is 3. The summed E-state index contributed by atoms with van der Waals surface area (Å²) in [4.78, 5) is 22.0. The van der Waals surface area contributed by atoms with E-state index in [0.29, 0.717) is 18.4 Å². The average molecular weight is 219 g/mol.